The van der Waals surface area contributed by atoms with Gasteiger partial charge in [0.25, 0.3) is 0 Å². The Hall–Kier alpha value is -1.50. The molecule has 12 heteroatoms. The number of aliphatic hydroxyl groups excluding tert-OH is 1. The van der Waals surface area contributed by atoms with Gasteiger partial charge < -0.3 is 31.9 Å². The van der Waals surface area contributed by atoms with Crippen LogP contribution in [0.4, 0.5) is 0 Å². The van der Waals surface area contributed by atoms with E-state index in [1.54, 1.807) is 0 Å². The normalized spacial score (nSPS) is 15.3. The van der Waals surface area contributed by atoms with Crippen molar-refractivity contribution in [3.63, 3.8) is 0 Å². The van der Waals surface area contributed by atoms with Crippen molar-refractivity contribution in [2.75, 3.05) is 24.3 Å². The van der Waals surface area contributed by atoms with Crippen LogP contribution in [0.15, 0.2) is 0 Å². The first-order chi connectivity index (χ1) is 12.1. The molecule has 0 aliphatic heterocycles. The summed E-state index contributed by atoms with van der Waals surface area (Å²) < 4.78 is 0. The van der Waals surface area contributed by atoms with Gasteiger partial charge in [0.2, 0.25) is 17.7 Å². The first-order valence-electron chi connectivity index (χ1n) is 7.77. The number of thioether (sulfide) groups is 1. The van der Waals surface area contributed by atoms with E-state index < -0.39 is 54.5 Å². The van der Waals surface area contributed by atoms with Gasteiger partial charge >= 0.3 is 5.97 Å². The van der Waals surface area contributed by atoms with Crippen LogP contribution in [-0.4, -0.2) is 82.4 Å². The van der Waals surface area contributed by atoms with Crippen molar-refractivity contribution in [3.8, 4) is 0 Å². The average Bonchev–Trinajstić information content (AvgIpc) is 2.59. The second-order valence-electron chi connectivity index (χ2n) is 5.47. The summed E-state index contributed by atoms with van der Waals surface area (Å²) in [7, 11) is 0. The van der Waals surface area contributed by atoms with E-state index in [0.717, 1.165) is 0 Å². The minimum Gasteiger partial charge on any atom is -0.480 e. The molecular weight excluding hydrogens is 384 g/mol. The summed E-state index contributed by atoms with van der Waals surface area (Å²) in [5.41, 5.74) is 5.49. The Morgan fingerprint density at radius 1 is 1.19 bits per heavy atom. The van der Waals surface area contributed by atoms with Crippen LogP contribution in [0.5, 0.6) is 0 Å². The maximum atomic E-state index is 12.1. The average molecular weight is 411 g/mol. The van der Waals surface area contributed by atoms with Gasteiger partial charge in [-0.2, -0.15) is 24.4 Å². The van der Waals surface area contributed by atoms with E-state index in [9.17, 15) is 24.3 Å². The Morgan fingerprint density at radius 3 is 2.27 bits per heavy atom. The van der Waals surface area contributed by atoms with Crippen molar-refractivity contribution in [2.45, 2.75) is 37.6 Å². The molecule has 0 aliphatic carbocycles. The summed E-state index contributed by atoms with van der Waals surface area (Å²) in [6, 6.07) is -3.33. The third kappa shape index (κ3) is 9.27. The number of aliphatic carboxylic acids is 1. The number of hydrogen-bond donors (Lipinski definition) is 7. The van der Waals surface area contributed by atoms with E-state index in [4.69, 9.17) is 10.8 Å². The molecule has 0 aromatic rings. The van der Waals surface area contributed by atoms with Crippen LogP contribution in [0.25, 0.3) is 0 Å². The van der Waals surface area contributed by atoms with E-state index in [1.807, 2.05) is 6.26 Å². The molecule has 0 spiro atoms. The molecule has 10 nitrogen and oxygen atoms in total. The molecule has 0 aromatic heterocycles. The molecule has 0 saturated heterocycles. The predicted octanol–water partition coefficient (Wildman–Crippen LogP) is -2.45. The van der Waals surface area contributed by atoms with Crippen LogP contribution in [0.1, 0.15) is 13.3 Å². The molecule has 0 saturated carbocycles. The largest absolute Gasteiger partial charge is 0.480 e. The lowest BCUT2D eigenvalue weighted by atomic mass is 10.1. The highest BCUT2D eigenvalue weighted by Crippen LogP contribution is 2.01. The molecule has 0 aliphatic rings. The lowest BCUT2D eigenvalue weighted by molar-refractivity contribution is -0.141. The number of hydrogen-bond acceptors (Lipinski definition) is 8. The van der Waals surface area contributed by atoms with Gasteiger partial charge in [-0.3, -0.25) is 14.4 Å². The van der Waals surface area contributed by atoms with Crippen molar-refractivity contribution >= 4 is 48.1 Å². The van der Waals surface area contributed by atoms with Crippen LogP contribution in [0.3, 0.4) is 0 Å². The molecule has 4 atom stereocenters. The molecule has 0 rings (SSSR count). The van der Waals surface area contributed by atoms with E-state index in [1.165, 1.54) is 18.7 Å². The maximum absolute atomic E-state index is 12.1. The summed E-state index contributed by atoms with van der Waals surface area (Å²) in [5.74, 6) is -2.75. The molecule has 150 valence electrons. The second-order valence-corrected chi connectivity index (χ2v) is 6.82. The smallest absolute Gasteiger partial charge is 0.326 e. The van der Waals surface area contributed by atoms with Crippen molar-refractivity contribution in [3.05, 3.63) is 0 Å². The lowest BCUT2D eigenvalue weighted by Gasteiger charge is -2.22. The molecule has 0 radical (unpaired) electrons. The zero-order chi connectivity index (χ0) is 20.3. The zero-order valence-corrected chi connectivity index (χ0v) is 16.3. The van der Waals surface area contributed by atoms with Crippen LogP contribution in [0, 0.1) is 0 Å². The van der Waals surface area contributed by atoms with E-state index in [0.29, 0.717) is 5.75 Å². The molecule has 0 aromatic carbocycles. The van der Waals surface area contributed by atoms with E-state index in [2.05, 4.69) is 28.6 Å². The number of rotatable bonds is 12. The SMILES string of the molecule is CSCCC(NC(=O)CNC(=O)C(NC(=O)C(N)CS)C(C)O)C(=O)O. The van der Waals surface area contributed by atoms with Crippen LogP contribution >= 0.6 is 24.4 Å². The molecule has 26 heavy (non-hydrogen) atoms. The number of aliphatic hydroxyl groups is 1. The molecule has 0 bridgehead atoms. The van der Waals surface area contributed by atoms with Gasteiger partial charge in [-0.15, -0.1) is 0 Å². The number of nitrogens with two attached hydrogens (primary N) is 1. The fraction of sp³-hybridized carbons (Fsp3) is 0.714. The highest BCUT2D eigenvalue weighted by Gasteiger charge is 2.28. The van der Waals surface area contributed by atoms with Crippen LogP contribution in [-0.2, 0) is 19.2 Å². The van der Waals surface area contributed by atoms with Gasteiger partial charge in [-0.1, -0.05) is 0 Å². The molecule has 7 N–H and O–H groups in total. The number of thiol groups is 1. The summed E-state index contributed by atoms with van der Waals surface area (Å²) >= 11 is 5.31. The first kappa shape index (κ1) is 24.5. The minimum atomic E-state index is -1.31. The third-order valence-corrected chi connectivity index (χ3v) is 4.30. The number of carboxylic acids is 1. The number of amides is 3. The van der Waals surface area contributed by atoms with Crippen molar-refractivity contribution in [2.24, 2.45) is 5.73 Å². The Bertz CT molecular complexity index is 506. The number of nitrogens with one attached hydrogen (secondary N) is 3. The summed E-state index contributed by atoms with van der Waals surface area (Å²) in [6.45, 7) is 0.791. The minimum absolute atomic E-state index is 0.0506. The molecule has 0 fully saturated rings. The summed E-state index contributed by atoms with van der Waals surface area (Å²) in [4.78, 5) is 46.7. The van der Waals surface area contributed by atoms with Gasteiger partial charge in [-0.25, -0.2) is 4.79 Å². The molecular formula is C14H26N4O6S2. The zero-order valence-electron chi connectivity index (χ0n) is 14.6. The van der Waals surface area contributed by atoms with E-state index >= 15 is 0 Å². The first-order valence-corrected chi connectivity index (χ1v) is 9.80. The number of carboxylic acid groups (broad SMARTS) is 1. The van der Waals surface area contributed by atoms with E-state index in [-0.39, 0.29) is 12.2 Å². The fourth-order valence-corrected chi connectivity index (χ4v) is 2.40. The van der Waals surface area contributed by atoms with Gasteiger partial charge in [0.1, 0.15) is 12.1 Å². The second kappa shape index (κ2) is 12.8. The third-order valence-electron chi connectivity index (χ3n) is 3.26. The highest BCUT2D eigenvalue weighted by atomic mass is 32.2. The van der Waals surface area contributed by atoms with Crippen LogP contribution in [0.2, 0.25) is 0 Å². The van der Waals surface area contributed by atoms with Crippen molar-refractivity contribution in [1.29, 1.82) is 0 Å². The monoisotopic (exact) mass is 410 g/mol. The Morgan fingerprint density at radius 2 is 1.81 bits per heavy atom. The fourth-order valence-electron chi connectivity index (χ4n) is 1.76. The number of carbonyl (C=O) groups excluding carboxylic acids is 3. The van der Waals surface area contributed by atoms with Gasteiger partial charge in [0.05, 0.1) is 18.7 Å². The predicted molar refractivity (Wildman–Crippen MR) is 101 cm³/mol. The molecule has 3 amide bonds. The Kier molecular flexibility index (Phi) is 12.1. The topological polar surface area (TPSA) is 171 Å². The highest BCUT2D eigenvalue weighted by molar-refractivity contribution is 7.98. The van der Waals surface area contributed by atoms with Gasteiger partial charge in [0.15, 0.2) is 0 Å². The maximum Gasteiger partial charge on any atom is 0.326 e. The molecule has 4 unspecified atom stereocenters. The van der Waals surface area contributed by atoms with Crippen molar-refractivity contribution < 1.29 is 29.4 Å². The Labute approximate surface area is 161 Å². The molecule has 0 heterocycles. The van der Waals surface area contributed by atoms with Crippen LogP contribution < -0.4 is 21.7 Å². The number of carbonyl (C=O) groups is 4. The quantitative estimate of drug-likeness (QED) is 0.174. The lowest BCUT2D eigenvalue weighted by Crippen LogP contribution is -2.57. The summed E-state index contributed by atoms with van der Waals surface area (Å²) in [5, 5.41) is 25.5. The summed E-state index contributed by atoms with van der Waals surface area (Å²) in [6.07, 6.45) is 0.817. The van der Waals surface area contributed by atoms with Crippen molar-refractivity contribution in [1.82, 2.24) is 16.0 Å². The Balaban J connectivity index is 4.63. The standard InChI is InChI=1S/C14H26N4O6S2/c1-7(19)11(18-12(21)8(15)6-25)13(22)16-5-10(20)17-9(14(23)24)3-4-26-2/h7-9,11,19,25H,3-6,15H2,1-2H3,(H,16,22)(H,17,20)(H,18,21)(H,23,24). The van der Waals surface area contributed by atoms with Gasteiger partial charge in [-0.05, 0) is 25.4 Å². The van der Waals surface area contributed by atoms with Gasteiger partial charge in [0, 0.05) is 5.75 Å².